The Morgan fingerprint density at radius 1 is 1.11 bits per heavy atom. The van der Waals surface area contributed by atoms with Crippen molar-refractivity contribution < 1.29 is 13.9 Å². The van der Waals surface area contributed by atoms with E-state index in [1.165, 1.54) is 12.1 Å². The summed E-state index contributed by atoms with van der Waals surface area (Å²) in [7, 11) is 3.75. The fourth-order valence-corrected chi connectivity index (χ4v) is 5.07. The first-order valence-electron chi connectivity index (χ1n) is 11.4. The molecule has 9 heteroatoms. The maximum Gasteiger partial charge on any atom is 0.146 e. The maximum atomic E-state index is 14.2. The topological polar surface area (TPSA) is 81.9 Å². The Morgan fingerprint density at radius 3 is 2.75 bits per heavy atom. The number of ether oxygens (including phenoxy) is 1. The van der Waals surface area contributed by atoms with Gasteiger partial charge in [0, 0.05) is 55.0 Å². The molecule has 0 bridgehead atoms. The first-order chi connectivity index (χ1) is 17.6. The van der Waals surface area contributed by atoms with Crippen molar-refractivity contribution in [2.45, 2.75) is 19.6 Å². The van der Waals surface area contributed by atoms with Crippen molar-refractivity contribution in [1.29, 1.82) is 0 Å². The fourth-order valence-electron chi connectivity index (χ4n) is 4.17. The van der Waals surface area contributed by atoms with Crippen LogP contribution in [-0.4, -0.2) is 33.1 Å². The molecule has 0 atom stereocenters. The van der Waals surface area contributed by atoms with Crippen LogP contribution < -0.4 is 10.1 Å². The number of fused-ring (bicyclic) bond motifs is 1. The van der Waals surface area contributed by atoms with E-state index < -0.39 is 5.82 Å². The van der Waals surface area contributed by atoms with Crippen LogP contribution in [0.5, 0.6) is 5.75 Å². The van der Waals surface area contributed by atoms with Gasteiger partial charge in [0.25, 0.3) is 0 Å². The smallest absolute Gasteiger partial charge is 0.146 e. The van der Waals surface area contributed by atoms with Crippen LogP contribution >= 0.6 is 11.3 Å². The lowest BCUT2D eigenvalue weighted by molar-refractivity contribution is -0.107. The number of nitrogens with one attached hydrogen (secondary N) is 1. The van der Waals surface area contributed by atoms with Crippen molar-refractivity contribution in [3.05, 3.63) is 83.0 Å². The van der Waals surface area contributed by atoms with E-state index in [2.05, 4.69) is 26.6 Å². The lowest BCUT2D eigenvalue weighted by Gasteiger charge is -2.13. The van der Waals surface area contributed by atoms with Gasteiger partial charge in [0.05, 0.1) is 4.70 Å². The molecular weight excluding hydrogens is 477 g/mol. The average Bonchev–Trinajstić information content (AvgIpc) is 3.53. The lowest BCUT2D eigenvalue weighted by atomic mass is 9.98. The van der Waals surface area contributed by atoms with Gasteiger partial charge in [0.2, 0.25) is 0 Å². The minimum atomic E-state index is -0.395. The number of aryl methyl sites for hydroxylation is 1. The number of imidazole rings is 1. The molecule has 0 radical (unpaired) electrons. The molecule has 3 aromatic heterocycles. The van der Waals surface area contributed by atoms with Gasteiger partial charge in [-0.05, 0) is 47.8 Å². The molecular formula is C27H24FN5O2S. The molecule has 0 fully saturated rings. The van der Waals surface area contributed by atoms with E-state index in [4.69, 9.17) is 4.74 Å². The van der Waals surface area contributed by atoms with Crippen molar-refractivity contribution >= 4 is 27.7 Å². The van der Waals surface area contributed by atoms with Crippen molar-refractivity contribution in [2.75, 3.05) is 7.05 Å². The zero-order valence-electron chi connectivity index (χ0n) is 19.9. The van der Waals surface area contributed by atoms with E-state index in [0.29, 0.717) is 30.0 Å². The van der Waals surface area contributed by atoms with Crippen molar-refractivity contribution in [3.8, 4) is 28.3 Å². The summed E-state index contributed by atoms with van der Waals surface area (Å²) in [6, 6.07) is 12.4. The highest BCUT2D eigenvalue weighted by Crippen LogP contribution is 2.39. The fraction of sp³-hybridized carbons (Fsp3) is 0.185. The number of aromatic nitrogens is 4. The Kier molecular flexibility index (Phi) is 6.84. The highest BCUT2D eigenvalue weighted by Gasteiger charge is 2.19. The molecule has 2 aromatic carbocycles. The molecule has 1 N–H and O–H groups in total. The van der Waals surface area contributed by atoms with Crippen LogP contribution in [0.3, 0.4) is 0 Å². The zero-order valence-corrected chi connectivity index (χ0v) is 20.7. The van der Waals surface area contributed by atoms with Crippen LogP contribution in [0, 0.1) is 5.82 Å². The molecule has 36 heavy (non-hydrogen) atoms. The molecule has 5 aromatic rings. The number of rotatable bonds is 9. The largest absolute Gasteiger partial charge is 0.485 e. The van der Waals surface area contributed by atoms with Crippen LogP contribution in [0.4, 0.5) is 4.39 Å². The maximum absolute atomic E-state index is 14.2. The van der Waals surface area contributed by atoms with Gasteiger partial charge in [-0.15, -0.1) is 21.5 Å². The third-order valence-electron chi connectivity index (χ3n) is 6.01. The summed E-state index contributed by atoms with van der Waals surface area (Å²) in [5.74, 6) is 0.709. The SMILES string of the molecule is CNCc1cc(-c2nnc(-c3ccc(F)cc3OCc3nccn3C)c3sccc23)ccc1CC=O. The standard InChI is InChI=1S/C27H24FN5O2S/c1-29-15-19-13-18(4-3-17(19)7-11-34)25-22-8-12-36-27(22)26(32-31-25)21-6-5-20(28)14-23(21)35-16-24-30-9-10-33(24)2/h3-6,8-14,29H,7,15-16H2,1-2H3. The van der Waals surface area contributed by atoms with E-state index >= 15 is 0 Å². The highest BCUT2D eigenvalue weighted by atomic mass is 32.1. The minimum Gasteiger partial charge on any atom is -0.485 e. The van der Waals surface area contributed by atoms with E-state index in [9.17, 15) is 9.18 Å². The van der Waals surface area contributed by atoms with Gasteiger partial charge >= 0.3 is 0 Å². The summed E-state index contributed by atoms with van der Waals surface area (Å²) >= 11 is 1.55. The molecule has 182 valence electrons. The Bertz CT molecular complexity index is 1540. The summed E-state index contributed by atoms with van der Waals surface area (Å²) in [6.45, 7) is 0.835. The number of hydrogen-bond acceptors (Lipinski definition) is 7. The number of aldehydes is 1. The van der Waals surface area contributed by atoms with Gasteiger partial charge in [0.1, 0.15) is 41.7 Å². The number of benzene rings is 2. The first-order valence-corrected chi connectivity index (χ1v) is 12.3. The monoisotopic (exact) mass is 501 g/mol. The highest BCUT2D eigenvalue weighted by molar-refractivity contribution is 7.17. The second-order valence-corrected chi connectivity index (χ2v) is 9.24. The summed E-state index contributed by atoms with van der Waals surface area (Å²) < 4.78 is 23.0. The van der Waals surface area contributed by atoms with Crippen LogP contribution in [0.2, 0.25) is 0 Å². The predicted molar refractivity (Wildman–Crippen MR) is 138 cm³/mol. The molecule has 0 aliphatic carbocycles. The molecule has 5 rings (SSSR count). The zero-order chi connectivity index (χ0) is 25.1. The number of nitrogens with zero attached hydrogens (tertiary/aromatic N) is 4. The van der Waals surface area contributed by atoms with Crippen molar-refractivity contribution in [3.63, 3.8) is 0 Å². The molecule has 3 heterocycles. The third-order valence-corrected chi connectivity index (χ3v) is 6.93. The van der Waals surface area contributed by atoms with Crippen molar-refractivity contribution in [2.24, 2.45) is 7.05 Å². The van der Waals surface area contributed by atoms with Crippen LogP contribution in [0.1, 0.15) is 17.0 Å². The average molecular weight is 502 g/mol. The molecule has 0 aliphatic heterocycles. The number of carbonyl (C=O) groups excluding carboxylic acids is 1. The number of carbonyl (C=O) groups is 1. The van der Waals surface area contributed by atoms with E-state index in [1.54, 1.807) is 23.6 Å². The van der Waals surface area contributed by atoms with E-state index in [1.807, 2.05) is 48.4 Å². The third kappa shape index (κ3) is 4.62. The quantitative estimate of drug-likeness (QED) is 0.288. The Labute approximate surface area is 211 Å². The van der Waals surface area contributed by atoms with E-state index in [0.717, 1.165) is 44.6 Å². The summed E-state index contributed by atoms with van der Waals surface area (Å²) in [4.78, 5) is 15.4. The van der Waals surface area contributed by atoms with Gasteiger partial charge in [-0.1, -0.05) is 12.1 Å². The van der Waals surface area contributed by atoms with Crippen molar-refractivity contribution in [1.82, 2.24) is 25.1 Å². The summed E-state index contributed by atoms with van der Waals surface area (Å²) in [5, 5.41) is 15.3. The molecule has 0 saturated carbocycles. The molecule has 0 saturated heterocycles. The lowest BCUT2D eigenvalue weighted by Crippen LogP contribution is -2.08. The van der Waals surface area contributed by atoms with Gasteiger partial charge in [-0.3, -0.25) is 0 Å². The molecule has 0 aliphatic rings. The Hall–Kier alpha value is -3.95. The number of thiophene rings is 1. The van der Waals surface area contributed by atoms with Crippen LogP contribution in [0.15, 0.2) is 60.2 Å². The second kappa shape index (κ2) is 10.3. The van der Waals surface area contributed by atoms with Gasteiger partial charge in [0.15, 0.2) is 0 Å². The molecule has 0 amide bonds. The number of halogens is 1. The van der Waals surface area contributed by atoms with E-state index in [-0.39, 0.29) is 6.61 Å². The van der Waals surface area contributed by atoms with Crippen LogP contribution in [-0.2, 0) is 31.4 Å². The number of hydrogen-bond donors (Lipinski definition) is 1. The Balaban J connectivity index is 1.56. The predicted octanol–water partition coefficient (Wildman–Crippen LogP) is 4.94. The van der Waals surface area contributed by atoms with Crippen LogP contribution in [0.25, 0.3) is 32.6 Å². The van der Waals surface area contributed by atoms with Gasteiger partial charge in [-0.2, -0.15) is 0 Å². The Morgan fingerprint density at radius 2 is 1.97 bits per heavy atom. The first kappa shape index (κ1) is 23.8. The normalized spacial score (nSPS) is 11.2. The summed E-state index contributed by atoms with van der Waals surface area (Å²) in [5.41, 5.74) is 4.99. The van der Waals surface area contributed by atoms with Gasteiger partial charge in [-0.25, -0.2) is 9.37 Å². The molecule has 0 spiro atoms. The minimum absolute atomic E-state index is 0.195. The second-order valence-electron chi connectivity index (χ2n) is 8.33. The molecule has 0 unspecified atom stereocenters. The summed E-state index contributed by atoms with van der Waals surface area (Å²) in [6.07, 6.45) is 4.80. The van der Waals surface area contributed by atoms with Gasteiger partial charge < -0.3 is 19.4 Å². The molecule has 7 nitrogen and oxygen atoms in total.